The van der Waals surface area contributed by atoms with Gasteiger partial charge in [-0.1, -0.05) is 25.4 Å². The van der Waals surface area contributed by atoms with Gasteiger partial charge in [-0.2, -0.15) is 0 Å². The van der Waals surface area contributed by atoms with E-state index in [1.165, 1.54) is 12.1 Å². The van der Waals surface area contributed by atoms with Crippen molar-refractivity contribution in [2.45, 2.75) is 20.4 Å². The summed E-state index contributed by atoms with van der Waals surface area (Å²) in [5.41, 5.74) is 0.906. The number of benzene rings is 1. The second-order valence-electron chi connectivity index (χ2n) is 4.24. The van der Waals surface area contributed by atoms with Crippen molar-refractivity contribution in [3.8, 4) is 0 Å². The molecule has 0 fully saturated rings. The third kappa shape index (κ3) is 5.14. The van der Waals surface area contributed by atoms with Crippen molar-refractivity contribution in [2.75, 3.05) is 26.2 Å². The Bertz CT molecular complexity index is 422. The van der Waals surface area contributed by atoms with E-state index >= 15 is 0 Å². The molecule has 106 valence electrons. The second kappa shape index (κ2) is 8.09. The zero-order valence-electron chi connectivity index (χ0n) is 11.4. The number of likely N-dealkylation sites (N-methyl/N-ethyl adjacent to an activating group) is 1. The van der Waals surface area contributed by atoms with Crippen LogP contribution in [0.15, 0.2) is 18.2 Å². The third-order valence-electron chi connectivity index (χ3n) is 3.06. The van der Waals surface area contributed by atoms with Crippen LogP contribution in [0, 0.1) is 10.1 Å². The second-order valence-corrected chi connectivity index (χ2v) is 4.64. The standard InChI is InChI=1S/C13H20ClN3O2/c1-3-16(4-2)8-7-15-10-11-5-6-12(17(18)19)9-13(11)14/h5-6,9,15H,3-4,7-8,10H2,1-2H3. The summed E-state index contributed by atoms with van der Waals surface area (Å²) in [6, 6.07) is 4.57. The number of hydrogen-bond donors (Lipinski definition) is 1. The summed E-state index contributed by atoms with van der Waals surface area (Å²) in [7, 11) is 0. The monoisotopic (exact) mass is 285 g/mol. The predicted octanol–water partition coefficient (Wildman–Crippen LogP) is 2.68. The summed E-state index contributed by atoms with van der Waals surface area (Å²) in [6.07, 6.45) is 0. The number of nitro benzene ring substituents is 1. The fourth-order valence-corrected chi connectivity index (χ4v) is 2.03. The van der Waals surface area contributed by atoms with Gasteiger partial charge in [0.25, 0.3) is 5.69 Å². The molecule has 0 amide bonds. The van der Waals surface area contributed by atoms with Gasteiger partial charge in [0.05, 0.1) is 9.95 Å². The van der Waals surface area contributed by atoms with Crippen molar-refractivity contribution in [1.82, 2.24) is 10.2 Å². The number of non-ortho nitro benzene ring substituents is 1. The average Bonchev–Trinajstić information content (AvgIpc) is 2.40. The molecule has 0 radical (unpaired) electrons. The zero-order chi connectivity index (χ0) is 14.3. The SMILES string of the molecule is CCN(CC)CCNCc1ccc([N+](=O)[O-])cc1Cl. The van der Waals surface area contributed by atoms with E-state index < -0.39 is 4.92 Å². The largest absolute Gasteiger partial charge is 0.311 e. The highest BCUT2D eigenvalue weighted by Gasteiger charge is 2.09. The highest BCUT2D eigenvalue weighted by Crippen LogP contribution is 2.22. The van der Waals surface area contributed by atoms with Gasteiger partial charge in [-0.3, -0.25) is 10.1 Å². The maximum atomic E-state index is 10.6. The Labute approximate surface area is 118 Å². The minimum Gasteiger partial charge on any atom is -0.311 e. The normalized spacial score (nSPS) is 10.9. The van der Waals surface area contributed by atoms with Crippen LogP contribution >= 0.6 is 11.6 Å². The molecule has 1 aromatic rings. The van der Waals surface area contributed by atoms with Gasteiger partial charge < -0.3 is 10.2 Å². The van der Waals surface area contributed by atoms with E-state index in [1.807, 2.05) is 0 Å². The molecule has 0 saturated heterocycles. The van der Waals surface area contributed by atoms with E-state index in [0.717, 1.165) is 31.7 Å². The van der Waals surface area contributed by atoms with Gasteiger partial charge in [0.1, 0.15) is 0 Å². The van der Waals surface area contributed by atoms with Gasteiger partial charge in [0.15, 0.2) is 0 Å². The molecule has 0 spiro atoms. The first-order chi connectivity index (χ1) is 9.08. The minimum absolute atomic E-state index is 0.0249. The van der Waals surface area contributed by atoms with Gasteiger partial charge in [0, 0.05) is 31.8 Å². The predicted molar refractivity (Wildman–Crippen MR) is 77.6 cm³/mol. The number of nitrogens with one attached hydrogen (secondary N) is 1. The number of hydrogen-bond acceptors (Lipinski definition) is 4. The lowest BCUT2D eigenvalue weighted by atomic mass is 10.2. The molecule has 0 aromatic heterocycles. The molecule has 0 heterocycles. The molecule has 1 aromatic carbocycles. The van der Waals surface area contributed by atoms with Crippen molar-refractivity contribution >= 4 is 17.3 Å². The van der Waals surface area contributed by atoms with Crippen molar-refractivity contribution in [2.24, 2.45) is 0 Å². The summed E-state index contributed by atoms with van der Waals surface area (Å²) in [5.74, 6) is 0. The Morgan fingerprint density at radius 1 is 1.37 bits per heavy atom. The molecule has 19 heavy (non-hydrogen) atoms. The molecule has 0 atom stereocenters. The molecule has 6 heteroatoms. The van der Waals surface area contributed by atoms with Gasteiger partial charge in [-0.25, -0.2) is 0 Å². The van der Waals surface area contributed by atoms with Crippen LogP contribution in [-0.4, -0.2) is 36.0 Å². The first-order valence-corrected chi connectivity index (χ1v) is 6.82. The van der Waals surface area contributed by atoms with E-state index in [0.29, 0.717) is 11.6 Å². The van der Waals surface area contributed by atoms with E-state index in [-0.39, 0.29) is 5.69 Å². The van der Waals surface area contributed by atoms with Crippen molar-refractivity contribution in [1.29, 1.82) is 0 Å². The molecule has 0 bridgehead atoms. The Morgan fingerprint density at radius 2 is 2.05 bits per heavy atom. The summed E-state index contributed by atoms with van der Waals surface area (Å²) < 4.78 is 0. The van der Waals surface area contributed by atoms with Crippen LogP contribution in [0.1, 0.15) is 19.4 Å². The summed E-state index contributed by atoms with van der Waals surface area (Å²) in [5, 5.41) is 14.3. The molecular formula is C13H20ClN3O2. The number of nitro groups is 1. The van der Waals surface area contributed by atoms with E-state index in [1.54, 1.807) is 6.07 Å². The molecule has 0 saturated carbocycles. The number of rotatable bonds is 8. The van der Waals surface area contributed by atoms with Crippen molar-refractivity contribution < 1.29 is 4.92 Å². The first kappa shape index (κ1) is 15.9. The fraction of sp³-hybridized carbons (Fsp3) is 0.538. The van der Waals surface area contributed by atoms with Crippen LogP contribution in [0.3, 0.4) is 0 Å². The summed E-state index contributed by atoms with van der Waals surface area (Å²) in [4.78, 5) is 12.5. The molecule has 0 aliphatic rings. The average molecular weight is 286 g/mol. The molecular weight excluding hydrogens is 266 g/mol. The molecule has 1 rings (SSSR count). The number of halogens is 1. The van der Waals surface area contributed by atoms with Gasteiger partial charge in [-0.05, 0) is 24.7 Å². The summed E-state index contributed by atoms with van der Waals surface area (Å²) >= 11 is 6.01. The maximum absolute atomic E-state index is 10.6. The third-order valence-corrected chi connectivity index (χ3v) is 3.41. The highest BCUT2D eigenvalue weighted by atomic mass is 35.5. The number of nitrogens with zero attached hydrogens (tertiary/aromatic N) is 2. The van der Waals surface area contributed by atoms with Gasteiger partial charge in [-0.15, -0.1) is 0 Å². The lowest BCUT2D eigenvalue weighted by molar-refractivity contribution is -0.384. The highest BCUT2D eigenvalue weighted by molar-refractivity contribution is 6.31. The quantitative estimate of drug-likeness (QED) is 0.453. The Hall–Kier alpha value is -1.17. The lowest BCUT2D eigenvalue weighted by Gasteiger charge is -2.18. The van der Waals surface area contributed by atoms with Crippen molar-refractivity contribution in [3.63, 3.8) is 0 Å². The first-order valence-electron chi connectivity index (χ1n) is 6.44. The summed E-state index contributed by atoms with van der Waals surface area (Å²) in [6.45, 7) is 8.82. The van der Waals surface area contributed by atoms with Crippen LogP contribution < -0.4 is 5.32 Å². The fourth-order valence-electron chi connectivity index (χ4n) is 1.79. The van der Waals surface area contributed by atoms with E-state index in [4.69, 9.17) is 11.6 Å². The molecule has 5 nitrogen and oxygen atoms in total. The van der Waals surface area contributed by atoms with Crippen LogP contribution in [0.4, 0.5) is 5.69 Å². The lowest BCUT2D eigenvalue weighted by Crippen LogP contribution is -2.31. The molecule has 0 aliphatic heterocycles. The topological polar surface area (TPSA) is 58.4 Å². The zero-order valence-corrected chi connectivity index (χ0v) is 12.1. The Balaban J connectivity index is 2.43. The van der Waals surface area contributed by atoms with Gasteiger partial charge in [0.2, 0.25) is 0 Å². The molecule has 1 N–H and O–H groups in total. The van der Waals surface area contributed by atoms with Crippen LogP contribution in [0.5, 0.6) is 0 Å². The van der Waals surface area contributed by atoms with Crippen LogP contribution in [0.2, 0.25) is 5.02 Å². The minimum atomic E-state index is -0.441. The Kier molecular flexibility index (Phi) is 6.77. The smallest absolute Gasteiger partial charge is 0.270 e. The van der Waals surface area contributed by atoms with Gasteiger partial charge >= 0.3 is 0 Å². The molecule has 0 unspecified atom stereocenters. The van der Waals surface area contributed by atoms with Crippen LogP contribution in [-0.2, 0) is 6.54 Å². The van der Waals surface area contributed by atoms with E-state index in [2.05, 4.69) is 24.1 Å². The Morgan fingerprint density at radius 3 is 2.58 bits per heavy atom. The van der Waals surface area contributed by atoms with E-state index in [9.17, 15) is 10.1 Å². The van der Waals surface area contributed by atoms with Crippen molar-refractivity contribution in [3.05, 3.63) is 38.9 Å². The maximum Gasteiger partial charge on any atom is 0.270 e. The molecule has 0 aliphatic carbocycles. The van der Waals surface area contributed by atoms with Crippen LogP contribution in [0.25, 0.3) is 0 Å².